The van der Waals surface area contributed by atoms with Gasteiger partial charge in [-0.25, -0.2) is 0 Å². The minimum atomic E-state index is 0.0765. The predicted octanol–water partition coefficient (Wildman–Crippen LogP) is 4.51. The molecule has 0 saturated carbocycles. The Morgan fingerprint density at radius 2 is 1.79 bits per heavy atom. The van der Waals surface area contributed by atoms with Crippen LogP contribution in [0.25, 0.3) is 0 Å². The molecule has 0 saturated heterocycles. The fraction of sp³-hybridized carbons (Fsp3) is 0.381. The summed E-state index contributed by atoms with van der Waals surface area (Å²) in [6.07, 6.45) is 2.11. The maximum absolute atomic E-state index is 12.3. The maximum atomic E-state index is 12.3. The zero-order chi connectivity index (χ0) is 17.5. The van der Waals surface area contributed by atoms with Crippen LogP contribution in [0.5, 0.6) is 5.75 Å². The van der Waals surface area contributed by atoms with Crippen LogP contribution in [0.15, 0.2) is 42.5 Å². The van der Waals surface area contributed by atoms with Gasteiger partial charge < -0.3 is 10.1 Å². The van der Waals surface area contributed by atoms with Crippen LogP contribution < -0.4 is 10.1 Å². The summed E-state index contributed by atoms with van der Waals surface area (Å²) in [4.78, 5) is 12.3. The van der Waals surface area contributed by atoms with Gasteiger partial charge in [-0.2, -0.15) is 0 Å². The standard InChI is InChI=1S/C21H27NO2/c1-5-20(18-10-6-15(2)16(3)14-18)22-21(23)13-9-17-7-11-19(24-4)12-8-17/h6-8,10-12,14,20H,5,9,13H2,1-4H3,(H,22,23)/t20-/m0/s1. The van der Waals surface area contributed by atoms with Crippen molar-refractivity contribution in [2.45, 2.75) is 46.1 Å². The maximum Gasteiger partial charge on any atom is 0.220 e. The minimum absolute atomic E-state index is 0.0765. The van der Waals surface area contributed by atoms with Crippen molar-refractivity contribution in [3.8, 4) is 5.75 Å². The Morgan fingerprint density at radius 1 is 1.08 bits per heavy atom. The third kappa shape index (κ3) is 4.85. The molecule has 0 unspecified atom stereocenters. The molecule has 128 valence electrons. The van der Waals surface area contributed by atoms with Gasteiger partial charge in [0.2, 0.25) is 5.91 Å². The number of aryl methyl sites for hydroxylation is 3. The summed E-state index contributed by atoms with van der Waals surface area (Å²) in [5.41, 5.74) is 4.86. The van der Waals surface area contributed by atoms with Gasteiger partial charge in [0, 0.05) is 6.42 Å². The van der Waals surface area contributed by atoms with Crippen molar-refractivity contribution in [2.75, 3.05) is 7.11 Å². The van der Waals surface area contributed by atoms with E-state index in [0.29, 0.717) is 6.42 Å². The van der Waals surface area contributed by atoms with Crippen molar-refractivity contribution in [1.29, 1.82) is 0 Å². The molecule has 0 spiro atoms. The van der Waals surface area contributed by atoms with Gasteiger partial charge in [0.05, 0.1) is 13.2 Å². The molecule has 2 aromatic carbocycles. The largest absolute Gasteiger partial charge is 0.497 e. The highest BCUT2D eigenvalue weighted by molar-refractivity contribution is 5.76. The number of amides is 1. The second-order valence-electron chi connectivity index (χ2n) is 6.22. The average Bonchev–Trinajstić information content (AvgIpc) is 2.60. The Bertz CT molecular complexity index is 677. The van der Waals surface area contributed by atoms with E-state index in [4.69, 9.17) is 4.74 Å². The molecule has 0 aliphatic rings. The molecule has 1 N–H and O–H groups in total. The van der Waals surface area contributed by atoms with E-state index in [1.54, 1.807) is 7.11 Å². The summed E-state index contributed by atoms with van der Waals surface area (Å²) in [7, 11) is 1.65. The summed E-state index contributed by atoms with van der Waals surface area (Å²) in [5, 5.41) is 3.16. The van der Waals surface area contributed by atoms with Crippen molar-refractivity contribution in [3.63, 3.8) is 0 Å². The summed E-state index contributed by atoms with van der Waals surface area (Å²) in [6.45, 7) is 6.31. The Balaban J connectivity index is 1.92. The quantitative estimate of drug-likeness (QED) is 0.813. The first kappa shape index (κ1) is 18.1. The molecule has 1 atom stereocenters. The molecular formula is C21H27NO2. The third-order valence-corrected chi connectivity index (χ3v) is 4.48. The van der Waals surface area contributed by atoms with Gasteiger partial charge in [0.25, 0.3) is 0 Å². The number of carbonyl (C=O) groups is 1. The number of hydrogen-bond acceptors (Lipinski definition) is 2. The predicted molar refractivity (Wildman–Crippen MR) is 98.4 cm³/mol. The number of carbonyl (C=O) groups excluding carboxylic acids is 1. The lowest BCUT2D eigenvalue weighted by Gasteiger charge is -2.18. The molecule has 1 amide bonds. The van der Waals surface area contributed by atoms with E-state index >= 15 is 0 Å². The number of rotatable bonds is 7. The lowest BCUT2D eigenvalue weighted by Crippen LogP contribution is -2.28. The molecule has 24 heavy (non-hydrogen) atoms. The summed E-state index contributed by atoms with van der Waals surface area (Å²) in [5.74, 6) is 0.930. The van der Waals surface area contributed by atoms with E-state index in [0.717, 1.165) is 24.2 Å². The van der Waals surface area contributed by atoms with Crippen LogP contribution >= 0.6 is 0 Å². The molecule has 0 heterocycles. The van der Waals surface area contributed by atoms with Gasteiger partial charge in [0.1, 0.15) is 5.75 Å². The van der Waals surface area contributed by atoms with Crippen LogP contribution in [0.3, 0.4) is 0 Å². The van der Waals surface area contributed by atoms with E-state index in [2.05, 4.69) is 44.3 Å². The highest BCUT2D eigenvalue weighted by Crippen LogP contribution is 2.20. The Hall–Kier alpha value is -2.29. The number of ether oxygens (including phenoxy) is 1. The van der Waals surface area contributed by atoms with E-state index < -0.39 is 0 Å². The molecule has 0 aromatic heterocycles. The van der Waals surface area contributed by atoms with Crippen molar-refractivity contribution in [1.82, 2.24) is 5.32 Å². The van der Waals surface area contributed by atoms with Crippen molar-refractivity contribution in [2.24, 2.45) is 0 Å². The lowest BCUT2D eigenvalue weighted by molar-refractivity contribution is -0.121. The first-order chi connectivity index (χ1) is 11.5. The monoisotopic (exact) mass is 325 g/mol. The molecule has 2 aromatic rings. The molecule has 3 heteroatoms. The fourth-order valence-corrected chi connectivity index (χ4v) is 2.72. The zero-order valence-corrected chi connectivity index (χ0v) is 15.1. The molecule has 0 bridgehead atoms. The second-order valence-corrected chi connectivity index (χ2v) is 6.22. The van der Waals surface area contributed by atoms with Crippen LogP contribution in [-0.2, 0) is 11.2 Å². The second kappa shape index (κ2) is 8.53. The first-order valence-electron chi connectivity index (χ1n) is 8.53. The molecule has 3 nitrogen and oxygen atoms in total. The Kier molecular flexibility index (Phi) is 6.42. The van der Waals surface area contributed by atoms with Gasteiger partial charge in [-0.1, -0.05) is 37.3 Å². The van der Waals surface area contributed by atoms with E-state index in [9.17, 15) is 4.79 Å². The number of hydrogen-bond donors (Lipinski definition) is 1. The molecular weight excluding hydrogens is 298 g/mol. The van der Waals surface area contributed by atoms with Crippen molar-refractivity contribution in [3.05, 3.63) is 64.7 Å². The zero-order valence-electron chi connectivity index (χ0n) is 15.1. The minimum Gasteiger partial charge on any atom is -0.497 e. The molecule has 2 rings (SSSR count). The topological polar surface area (TPSA) is 38.3 Å². The average molecular weight is 325 g/mol. The Morgan fingerprint density at radius 3 is 2.38 bits per heavy atom. The highest BCUT2D eigenvalue weighted by atomic mass is 16.5. The molecule has 0 radical (unpaired) electrons. The van der Waals surface area contributed by atoms with Crippen LogP contribution in [0, 0.1) is 13.8 Å². The third-order valence-electron chi connectivity index (χ3n) is 4.48. The first-order valence-corrected chi connectivity index (χ1v) is 8.53. The number of methoxy groups -OCH3 is 1. The van der Waals surface area contributed by atoms with Gasteiger partial charge >= 0.3 is 0 Å². The Labute approximate surface area is 145 Å². The van der Waals surface area contributed by atoms with E-state index in [1.807, 2.05) is 24.3 Å². The van der Waals surface area contributed by atoms with Gasteiger partial charge in [-0.3, -0.25) is 4.79 Å². The number of nitrogens with one attached hydrogen (secondary N) is 1. The highest BCUT2D eigenvalue weighted by Gasteiger charge is 2.13. The van der Waals surface area contributed by atoms with E-state index in [1.165, 1.54) is 16.7 Å². The lowest BCUT2D eigenvalue weighted by atomic mass is 9.99. The fourth-order valence-electron chi connectivity index (χ4n) is 2.72. The number of benzene rings is 2. The van der Waals surface area contributed by atoms with Gasteiger partial charge in [0.15, 0.2) is 0 Å². The van der Waals surface area contributed by atoms with Crippen molar-refractivity contribution >= 4 is 5.91 Å². The summed E-state index contributed by atoms with van der Waals surface area (Å²) < 4.78 is 5.15. The normalized spacial score (nSPS) is 11.8. The van der Waals surface area contributed by atoms with Crippen molar-refractivity contribution < 1.29 is 9.53 Å². The summed E-state index contributed by atoms with van der Waals surface area (Å²) in [6, 6.07) is 14.4. The van der Waals surface area contributed by atoms with Gasteiger partial charge in [-0.15, -0.1) is 0 Å². The van der Waals surface area contributed by atoms with Crippen LogP contribution in [0.4, 0.5) is 0 Å². The van der Waals surface area contributed by atoms with Crippen LogP contribution in [0.2, 0.25) is 0 Å². The van der Waals surface area contributed by atoms with Crippen LogP contribution in [-0.4, -0.2) is 13.0 Å². The smallest absolute Gasteiger partial charge is 0.220 e. The van der Waals surface area contributed by atoms with E-state index in [-0.39, 0.29) is 11.9 Å². The SMILES string of the molecule is CC[C@H](NC(=O)CCc1ccc(OC)cc1)c1ccc(C)c(C)c1. The van der Waals surface area contributed by atoms with Crippen LogP contribution in [0.1, 0.15) is 48.1 Å². The molecule has 0 fully saturated rings. The molecule has 0 aliphatic carbocycles. The van der Waals surface area contributed by atoms with Gasteiger partial charge in [-0.05, 0) is 61.1 Å². The summed E-state index contributed by atoms with van der Waals surface area (Å²) >= 11 is 0. The molecule has 0 aliphatic heterocycles.